The predicted octanol–water partition coefficient (Wildman–Crippen LogP) is 6.10. The van der Waals surface area contributed by atoms with Crippen molar-refractivity contribution in [2.45, 2.75) is 40.0 Å². The van der Waals surface area contributed by atoms with Crippen LogP contribution in [-0.4, -0.2) is 11.8 Å². The Balaban J connectivity index is 1.52. The molecule has 140 valence electrons. The van der Waals surface area contributed by atoms with Gasteiger partial charge in [0.15, 0.2) is 0 Å². The van der Waals surface area contributed by atoms with E-state index in [2.05, 4.69) is 31.2 Å². The van der Waals surface area contributed by atoms with Crippen molar-refractivity contribution in [3.8, 4) is 11.1 Å². The molecule has 4 nitrogen and oxygen atoms in total. The van der Waals surface area contributed by atoms with Crippen molar-refractivity contribution < 1.29 is 9.63 Å². The van der Waals surface area contributed by atoms with Crippen LogP contribution < -0.4 is 5.32 Å². The van der Waals surface area contributed by atoms with Gasteiger partial charge in [-0.15, -0.1) is 0 Å². The Hall–Kier alpha value is -2.62. The average molecular weight is 362 g/mol. The van der Waals surface area contributed by atoms with Crippen LogP contribution >= 0.6 is 0 Å². The number of rotatable bonds is 3. The molecule has 1 N–H and O–H groups in total. The second-order valence-corrected chi connectivity index (χ2v) is 8.58. The van der Waals surface area contributed by atoms with E-state index in [1.54, 1.807) is 0 Å². The lowest BCUT2D eigenvalue weighted by molar-refractivity contribution is 0.162. The minimum Gasteiger partial charge on any atom is -0.298 e. The molecule has 4 heteroatoms. The Morgan fingerprint density at radius 1 is 1.07 bits per heavy atom. The number of nitrogens with zero attached hydrogens (tertiary/aromatic N) is 1. The number of anilines is 1. The normalized spacial score (nSPS) is 26.9. The van der Waals surface area contributed by atoms with Gasteiger partial charge in [-0.1, -0.05) is 74.5 Å². The smallest absolute Gasteiger partial charge is 0.298 e. The standard InChI is InChI=1S/C23H26N2O2/c1-22(2)17-13-14-23(3,15-17)20(22)25-27-21(26)24-19-12-8-7-11-18(19)16-9-5-4-6-10-16/h4-12,17H,13-15H2,1-3H3,(H,24,26)/b25-20+. The summed E-state index contributed by atoms with van der Waals surface area (Å²) < 4.78 is 0. The summed E-state index contributed by atoms with van der Waals surface area (Å²) in [5.74, 6) is 0.631. The van der Waals surface area contributed by atoms with Crippen LogP contribution in [-0.2, 0) is 4.84 Å². The SMILES string of the molecule is CC12CCC(C1)C(C)(C)/C2=N\OC(=O)Nc1ccccc1-c1ccccc1. The molecule has 0 heterocycles. The maximum Gasteiger partial charge on any atom is 0.437 e. The number of para-hydroxylation sites is 1. The number of benzene rings is 2. The van der Waals surface area contributed by atoms with Gasteiger partial charge in [0.1, 0.15) is 0 Å². The van der Waals surface area contributed by atoms with Gasteiger partial charge in [-0.3, -0.25) is 10.2 Å². The van der Waals surface area contributed by atoms with E-state index in [0.29, 0.717) is 11.6 Å². The van der Waals surface area contributed by atoms with Crippen LogP contribution in [0.2, 0.25) is 0 Å². The van der Waals surface area contributed by atoms with Crippen LogP contribution in [0.3, 0.4) is 0 Å². The Morgan fingerprint density at radius 2 is 1.78 bits per heavy atom. The highest BCUT2D eigenvalue weighted by molar-refractivity contribution is 5.98. The number of carbonyl (C=O) groups is 1. The molecular weight excluding hydrogens is 336 g/mol. The molecule has 0 aromatic heterocycles. The topological polar surface area (TPSA) is 50.7 Å². The molecule has 2 atom stereocenters. The van der Waals surface area contributed by atoms with Gasteiger partial charge in [-0.2, -0.15) is 0 Å². The first kappa shape index (κ1) is 17.8. The monoisotopic (exact) mass is 362 g/mol. The van der Waals surface area contributed by atoms with Crippen LogP contribution in [0.25, 0.3) is 11.1 Å². The summed E-state index contributed by atoms with van der Waals surface area (Å²) in [4.78, 5) is 17.7. The predicted molar refractivity (Wildman–Crippen MR) is 109 cm³/mol. The highest BCUT2D eigenvalue weighted by Crippen LogP contribution is 2.60. The number of fused-ring (bicyclic) bond motifs is 2. The molecular formula is C23H26N2O2. The number of nitrogens with one attached hydrogen (secondary N) is 1. The van der Waals surface area contributed by atoms with E-state index in [-0.39, 0.29) is 10.8 Å². The number of hydrogen-bond donors (Lipinski definition) is 1. The van der Waals surface area contributed by atoms with Gasteiger partial charge < -0.3 is 0 Å². The van der Waals surface area contributed by atoms with E-state index in [1.807, 2.05) is 54.6 Å². The summed E-state index contributed by atoms with van der Waals surface area (Å²) in [5, 5.41) is 7.18. The molecule has 2 fully saturated rings. The molecule has 0 saturated heterocycles. The Kier molecular flexibility index (Phi) is 4.29. The quantitative estimate of drug-likeness (QED) is 0.529. The third-order valence-electron chi connectivity index (χ3n) is 6.41. The number of carbonyl (C=O) groups excluding carboxylic acids is 1. The van der Waals surface area contributed by atoms with Gasteiger partial charge in [-0.05, 0) is 36.8 Å². The summed E-state index contributed by atoms with van der Waals surface area (Å²) in [6.45, 7) is 6.67. The van der Waals surface area contributed by atoms with Crippen LogP contribution in [0.1, 0.15) is 40.0 Å². The van der Waals surface area contributed by atoms with Crippen molar-refractivity contribution in [3.63, 3.8) is 0 Å². The Bertz CT molecular complexity index is 882. The van der Waals surface area contributed by atoms with Crippen molar-refractivity contribution in [1.82, 2.24) is 0 Å². The number of oxime groups is 1. The van der Waals surface area contributed by atoms with E-state index in [4.69, 9.17) is 4.84 Å². The lowest BCUT2D eigenvalue weighted by Crippen LogP contribution is -2.36. The largest absolute Gasteiger partial charge is 0.437 e. The van der Waals surface area contributed by atoms with Crippen LogP contribution in [0.5, 0.6) is 0 Å². The Labute approximate surface area is 160 Å². The summed E-state index contributed by atoms with van der Waals surface area (Å²) >= 11 is 0. The zero-order valence-electron chi connectivity index (χ0n) is 16.2. The lowest BCUT2D eigenvalue weighted by Gasteiger charge is -2.34. The molecule has 0 aliphatic heterocycles. The van der Waals surface area contributed by atoms with Gasteiger partial charge in [0.25, 0.3) is 0 Å². The fourth-order valence-electron chi connectivity index (χ4n) is 4.95. The van der Waals surface area contributed by atoms with Gasteiger partial charge in [0.05, 0.1) is 11.4 Å². The molecule has 2 aliphatic carbocycles. The first-order valence-corrected chi connectivity index (χ1v) is 9.61. The van der Waals surface area contributed by atoms with Crippen molar-refractivity contribution in [2.24, 2.45) is 21.9 Å². The molecule has 1 amide bonds. The summed E-state index contributed by atoms with van der Waals surface area (Å²) in [6.07, 6.45) is 2.95. The number of hydrogen-bond acceptors (Lipinski definition) is 3. The highest BCUT2D eigenvalue weighted by atomic mass is 16.7. The molecule has 4 rings (SSSR count). The van der Waals surface area contributed by atoms with Crippen molar-refractivity contribution >= 4 is 17.5 Å². The van der Waals surface area contributed by atoms with Crippen molar-refractivity contribution in [3.05, 3.63) is 54.6 Å². The van der Waals surface area contributed by atoms with E-state index in [0.717, 1.165) is 29.7 Å². The maximum absolute atomic E-state index is 12.4. The van der Waals surface area contributed by atoms with E-state index in [9.17, 15) is 4.79 Å². The fourth-order valence-corrected chi connectivity index (χ4v) is 4.95. The van der Waals surface area contributed by atoms with Gasteiger partial charge in [0.2, 0.25) is 0 Å². The first-order chi connectivity index (χ1) is 12.9. The van der Waals surface area contributed by atoms with Crippen LogP contribution in [0, 0.1) is 16.7 Å². The number of amides is 1. The van der Waals surface area contributed by atoms with Crippen LogP contribution in [0.15, 0.2) is 59.8 Å². The maximum atomic E-state index is 12.4. The molecule has 2 aromatic carbocycles. The zero-order chi connectivity index (χ0) is 19.1. The minimum absolute atomic E-state index is 0.00474. The molecule has 0 radical (unpaired) electrons. The van der Waals surface area contributed by atoms with Gasteiger partial charge >= 0.3 is 6.09 Å². The molecule has 0 spiro atoms. The van der Waals surface area contributed by atoms with E-state index >= 15 is 0 Å². The van der Waals surface area contributed by atoms with Gasteiger partial charge in [-0.25, -0.2) is 4.79 Å². The zero-order valence-corrected chi connectivity index (χ0v) is 16.2. The summed E-state index contributed by atoms with van der Waals surface area (Å²) in [6, 6.07) is 17.7. The molecule has 2 bridgehead atoms. The highest BCUT2D eigenvalue weighted by Gasteiger charge is 2.57. The minimum atomic E-state index is -0.548. The van der Waals surface area contributed by atoms with Crippen LogP contribution in [0.4, 0.5) is 10.5 Å². The molecule has 2 unspecified atom stereocenters. The molecule has 2 aliphatic rings. The summed E-state index contributed by atoms with van der Waals surface area (Å²) in [7, 11) is 0. The summed E-state index contributed by atoms with van der Waals surface area (Å²) in [5.41, 5.74) is 3.80. The lowest BCUT2D eigenvalue weighted by atomic mass is 9.71. The third-order valence-corrected chi connectivity index (χ3v) is 6.41. The molecule has 2 aromatic rings. The van der Waals surface area contributed by atoms with E-state index in [1.165, 1.54) is 6.42 Å². The van der Waals surface area contributed by atoms with Crippen molar-refractivity contribution in [1.29, 1.82) is 0 Å². The molecule has 27 heavy (non-hydrogen) atoms. The van der Waals surface area contributed by atoms with Gasteiger partial charge in [0, 0.05) is 16.4 Å². The Morgan fingerprint density at radius 3 is 2.48 bits per heavy atom. The van der Waals surface area contributed by atoms with E-state index < -0.39 is 6.09 Å². The average Bonchev–Trinajstić information content (AvgIpc) is 3.13. The second kappa shape index (κ2) is 6.52. The second-order valence-electron chi connectivity index (χ2n) is 8.58. The molecule has 2 saturated carbocycles. The van der Waals surface area contributed by atoms with Crippen molar-refractivity contribution in [2.75, 3.05) is 5.32 Å². The first-order valence-electron chi connectivity index (χ1n) is 9.61. The third kappa shape index (κ3) is 3.14. The fraction of sp³-hybridized carbons (Fsp3) is 0.391.